The summed E-state index contributed by atoms with van der Waals surface area (Å²) in [7, 11) is 0. The summed E-state index contributed by atoms with van der Waals surface area (Å²) < 4.78 is 0.990. The first-order valence-corrected chi connectivity index (χ1v) is 9.67. The lowest BCUT2D eigenvalue weighted by Crippen LogP contribution is -2.31. The fraction of sp³-hybridized carbons (Fsp3) is 0.0909. The molecule has 0 saturated carbocycles. The lowest BCUT2D eigenvalue weighted by molar-refractivity contribution is -0.114. The average Bonchev–Trinajstić information content (AvgIpc) is 3.00. The van der Waals surface area contributed by atoms with E-state index in [9.17, 15) is 19.5 Å². The van der Waals surface area contributed by atoms with Crippen LogP contribution in [0.25, 0.3) is 11.8 Å². The van der Waals surface area contributed by atoms with Crippen molar-refractivity contribution < 1.29 is 9.90 Å². The van der Waals surface area contributed by atoms with Gasteiger partial charge in [-0.2, -0.15) is 10.1 Å². The van der Waals surface area contributed by atoms with Gasteiger partial charge in [-0.3, -0.25) is 14.6 Å². The fourth-order valence-corrected chi connectivity index (χ4v) is 3.50. The summed E-state index contributed by atoms with van der Waals surface area (Å²) in [4.78, 5) is 40.0. The van der Waals surface area contributed by atoms with E-state index in [1.807, 2.05) is 0 Å². The summed E-state index contributed by atoms with van der Waals surface area (Å²) in [6.45, 7) is 3.38. The van der Waals surface area contributed by atoms with Gasteiger partial charge < -0.3 is 5.11 Å². The number of aromatic nitrogens is 2. The number of carbonyl (C=O) groups is 1. The van der Waals surface area contributed by atoms with Crippen molar-refractivity contribution in [2.45, 2.75) is 13.8 Å². The van der Waals surface area contributed by atoms with E-state index in [1.165, 1.54) is 6.08 Å². The van der Waals surface area contributed by atoms with Crippen molar-refractivity contribution in [2.75, 3.05) is 5.01 Å². The number of nitrogens with one attached hydrogen (secondary N) is 1. The molecule has 2 N–H and O–H groups in total. The third-order valence-corrected chi connectivity index (χ3v) is 5.12. The summed E-state index contributed by atoms with van der Waals surface area (Å²) in [5.74, 6) is -1.07. The number of rotatable bonds is 3. The summed E-state index contributed by atoms with van der Waals surface area (Å²) in [6, 6.07) is 13.5. The first kappa shape index (κ1) is 20.4. The Morgan fingerprint density at radius 3 is 2.52 bits per heavy atom. The monoisotopic (exact) mass is 436 g/mol. The van der Waals surface area contributed by atoms with Gasteiger partial charge in [0.2, 0.25) is 5.88 Å². The van der Waals surface area contributed by atoms with Crippen LogP contribution < -0.4 is 16.3 Å². The molecule has 2 heterocycles. The van der Waals surface area contributed by atoms with Crippen LogP contribution >= 0.6 is 11.6 Å². The first-order chi connectivity index (χ1) is 14.8. The van der Waals surface area contributed by atoms with Crippen LogP contribution in [0.4, 0.5) is 5.69 Å². The zero-order valence-electron chi connectivity index (χ0n) is 16.6. The van der Waals surface area contributed by atoms with Crippen LogP contribution in [0.5, 0.6) is 5.88 Å². The Morgan fingerprint density at radius 1 is 1.06 bits per heavy atom. The van der Waals surface area contributed by atoms with Crippen molar-refractivity contribution >= 4 is 35.0 Å². The van der Waals surface area contributed by atoms with E-state index in [4.69, 9.17) is 11.6 Å². The van der Waals surface area contributed by atoms with Gasteiger partial charge in [-0.15, -0.1) is 0 Å². The number of nitrogens with zero attached hydrogens (tertiary/aromatic N) is 3. The molecule has 1 aliphatic heterocycles. The predicted molar refractivity (Wildman–Crippen MR) is 119 cm³/mol. The molecule has 8 nitrogen and oxygen atoms in total. The third-order valence-electron chi connectivity index (χ3n) is 4.88. The maximum Gasteiger partial charge on any atom is 0.335 e. The van der Waals surface area contributed by atoms with E-state index < -0.39 is 23.0 Å². The maximum absolute atomic E-state index is 13.0. The number of hydrogen-bond donors (Lipinski definition) is 2. The van der Waals surface area contributed by atoms with Gasteiger partial charge in [0, 0.05) is 5.02 Å². The van der Waals surface area contributed by atoms with Crippen LogP contribution in [0.15, 0.2) is 68.8 Å². The molecule has 156 valence electrons. The minimum Gasteiger partial charge on any atom is -0.494 e. The number of benzene rings is 2. The van der Waals surface area contributed by atoms with E-state index in [2.05, 4.69) is 10.1 Å². The van der Waals surface area contributed by atoms with Gasteiger partial charge in [-0.05, 0) is 49.8 Å². The van der Waals surface area contributed by atoms with E-state index in [0.29, 0.717) is 27.7 Å². The van der Waals surface area contributed by atoms with Gasteiger partial charge in [0.05, 0.1) is 22.7 Å². The van der Waals surface area contributed by atoms with Crippen LogP contribution in [0.1, 0.15) is 18.1 Å². The second kappa shape index (κ2) is 7.73. The lowest BCUT2D eigenvalue weighted by Gasteiger charge is -2.13. The Bertz CT molecular complexity index is 1400. The number of hydrogen-bond acceptors (Lipinski definition) is 5. The van der Waals surface area contributed by atoms with Crippen molar-refractivity contribution in [3.63, 3.8) is 0 Å². The summed E-state index contributed by atoms with van der Waals surface area (Å²) in [6.07, 6.45) is 1.23. The second-order valence-electron chi connectivity index (χ2n) is 6.96. The largest absolute Gasteiger partial charge is 0.494 e. The highest BCUT2D eigenvalue weighted by molar-refractivity contribution is 6.33. The SMILES string of the molecule is CC1=NN(c2cccc(Cl)c2)C(=O)C1=Cc1c(O)n(-c2ccccc2C)c(=O)[nH]c1=O. The maximum atomic E-state index is 13.0. The molecule has 9 heteroatoms. The fourth-order valence-electron chi connectivity index (χ4n) is 3.32. The number of amides is 1. The van der Waals surface area contributed by atoms with Crippen LogP contribution in [0.3, 0.4) is 0 Å². The number of carbonyl (C=O) groups excluding carboxylic acids is 1. The molecule has 1 aliphatic rings. The lowest BCUT2D eigenvalue weighted by atomic mass is 10.1. The number of aryl methyl sites for hydroxylation is 1. The molecule has 4 rings (SSSR count). The molecule has 0 radical (unpaired) electrons. The summed E-state index contributed by atoms with van der Waals surface area (Å²) in [5.41, 5.74) is 0.200. The molecule has 31 heavy (non-hydrogen) atoms. The number of halogens is 1. The molecule has 0 spiro atoms. The molecular formula is C22H17ClN4O4. The van der Waals surface area contributed by atoms with E-state index in [0.717, 1.165) is 9.58 Å². The van der Waals surface area contributed by atoms with Crippen LogP contribution in [-0.4, -0.2) is 26.3 Å². The molecular weight excluding hydrogens is 420 g/mol. The van der Waals surface area contributed by atoms with E-state index in [1.54, 1.807) is 62.4 Å². The van der Waals surface area contributed by atoms with Gasteiger partial charge in [-0.1, -0.05) is 35.9 Å². The van der Waals surface area contributed by atoms with Crippen LogP contribution in [0, 0.1) is 6.92 Å². The molecule has 0 atom stereocenters. The number of hydrazone groups is 1. The molecule has 3 aromatic rings. The number of aromatic amines is 1. The summed E-state index contributed by atoms with van der Waals surface area (Å²) >= 11 is 6.01. The highest BCUT2D eigenvalue weighted by Crippen LogP contribution is 2.28. The van der Waals surface area contributed by atoms with Crippen molar-refractivity contribution in [3.8, 4) is 11.6 Å². The Balaban J connectivity index is 1.85. The molecule has 1 aromatic heterocycles. The van der Waals surface area contributed by atoms with Crippen LogP contribution in [-0.2, 0) is 4.79 Å². The van der Waals surface area contributed by atoms with Crippen molar-refractivity contribution in [2.24, 2.45) is 5.10 Å². The van der Waals surface area contributed by atoms with Gasteiger partial charge >= 0.3 is 5.69 Å². The highest BCUT2D eigenvalue weighted by Gasteiger charge is 2.30. The number of aromatic hydroxyl groups is 1. The Morgan fingerprint density at radius 2 is 1.81 bits per heavy atom. The second-order valence-corrected chi connectivity index (χ2v) is 7.40. The number of para-hydroxylation sites is 1. The van der Waals surface area contributed by atoms with Gasteiger partial charge in [0.1, 0.15) is 5.56 Å². The minimum absolute atomic E-state index is 0.107. The number of H-pyrrole nitrogens is 1. The smallest absolute Gasteiger partial charge is 0.335 e. The van der Waals surface area contributed by atoms with Crippen molar-refractivity contribution in [1.29, 1.82) is 0 Å². The quantitative estimate of drug-likeness (QED) is 0.615. The van der Waals surface area contributed by atoms with E-state index >= 15 is 0 Å². The van der Waals surface area contributed by atoms with Crippen LogP contribution in [0.2, 0.25) is 5.02 Å². The zero-order chi connectivity index (χ0) is 22.3. The Kier molecular flexibility index (Phi) is 5.08. The van der Waals surface area contributed by atoms with Gasteiger partial charge in [0.25, 0.3) is 11.5 Å². The third kappa shape index (κ3) is 3.57. The molecule has 0 unspecified atom stereocenters. The number of anilines is 1. The Labute approximate surface area is 181 Å². The molecule has 0 bridgehead atoms. The Hall–Kier alpha value is -3.91. The molecule has 0 fully saturated rings. The average molecular weight is 437 g/mol. The normalized spacial score (nSPS) is 14.9. The zero-order valence-corrected chi connectivity index (χ0v) is 17.3. The highest BCUT2D eigenvalue weighted by atomic mass is 35.5. The molecule has 2 aromatic carbocycles. The van der Waals surface area contributed by atoms with Gasteiger partial charge in [-0.25, -0.2) is 9.36 Å². The van der Waals surface area contributed by atoms with Crippen molar-refractivity contribution in [1.82, 2.24) is 9.55 Å². The predicted octanol–water partition coefficient (Wildman–Crippen LogP) is 3.00. The summed E-state index contributed by atoms with van der Waals surface area (Å²) in [5, 5.41) is 16.6. The van der Waals surface area contributed by atoms with E-state index in [-0.39, 0.29) is 11.1 Å². The standard InChI is InChI=1S/C22H17ClN4O4/c1-12-6-3-4-9-18(12)26-20(29)17(19(28)24-22(26)31)11-16-13(2)25-27(21(16)30)15-8-5-7-14(23)10-15/h3-11,29H,1-2H3,(H,24,28,31). The molecule has 0 aliphatic carbocycles. The topological polar surface area (TPSA) is 108 Å². The van der Waals surface area contributed by atoms with Crippen molar-refractivity contribution in [3.05, 3.63) is 91.1 Å². The molecule has 0 saturated heterocycles. The minimum atomic E-state index is -0.818. The molecule has 1 amide bonds. The first-order valence-electron chi connectivity index (χ1n) is 9.29. The van der Waals surface area contributed by atoms with Gasteiger partial charge in [0.15, 0.2) is 0 Å².